The molecule has 0 saturated carbocycles. The highest BCUT2D eigenvalue weighted by atomic mass is 16.7. The molecule has 1 aliphatic heterocycles. The molecule has 0 spiro atoms. The van der Waals surface area contributed by atoms with Gasteiger partial charge in [0.1, 0.15) is 6.54 Å². The van der Waals surface area contributed by atoms with Crippen LogP contribution in [0.2, 0.25) is 0 Å². The largest absolute Gasteiger partial charge is 0.376 e. The zero-order chi connectivity index (χ0) is 9.97. The average Bonchev–Trinajstić information content (AvgIpc) is 2.19. The predicted octanol–water partition coefficient (Wildman–Crippen LogP) is 0.889. The number of para-hydroxylation sites is 1. The molecule has 4 heteroatoms. The van der Waals surface area contributed by atoms with Gasteiger partial charge in [0.2, 0.25) is 0 Å². The number of benzene rings is 1. The highest BCUT2D eigenvalue weighted by Crippen LogP contribution is 2.24. The summed E-state index contributed by atoms with van der Waals surface area (Å²) in [5, 5.41) is 9.55. The van der Waals surface area contributed by atoms with Crippen molar-refractivity contribution in [1.29, 1.82) is 5.26 Å². The van der Waals surface area contributed by atoms with Crippen LogP contribution in [0.25, 0.3) is 0 Å². The highest BCUT2D eigenvalue weighted by Gasteiger charge is 2.23. The highest BCUT2D eigenvalue weighted by molar-refractivity contribution is 5.80. The van der Waals surface area contributed by atoms with Crippen LogP contribution in [0.3, 0.4) is 0 Å². The SMILES string of the molecule is N#CCN1Oc2ccccc2CC1=O. The van der Waals surface area contributed by atoms with E-state index in [0.717, 1.165) is 10.6 Å². The molecule has 0 fully saturated rings. The van der Waals surface area contributed by atoms with E-state index in [1.165, 1.54) is 0 Å². The van der Waals surface area contributed by atoms with Gasteiger partial charge in [0.05, 0.1) is 12.5 Å². The molecule has 1 aromatic carbocycles. The van der Waals surface area contributed by atoms with Crippen LogP contribution in [0.15, 0.2) is 24.3 Å². The van der Waals surface area contributed by atoms with Crippen LogP contribution in [0.4, 0.5) is 0 Å². The molecule has 1 aromatic rings. The molecular formula is C10H8N2O2. The molecule has 4 nitrogen and oxygen atoms in total. The van der Waals surface area contributed by atoms with Crippen molar-refractivity contribution in [1.82, 2.24) is 5.06 Å². The molecule has 0 aromatic heterocycles. The molecule has 0 unspecified atom stereocenters. The molecule has 0 saturated heterocycles. The van der Waals surface area contributed by atoms with Crippen LogP contribution in [0.5, 0.6) is 5.75 Å². The molecule has 70 valence electrons. The summed E-state index contributed by atoms with van der Waals surface area (Å²) in [6.07, 6.45) is 0.303. The van der Waals surface area contributed by atoms with Crippen molar-refractivity contribution in [3.63, 3.8) is 0 Å². The number of carbonyl (C=O) groups excluding carboxylic acids is 1. The third kappa shape index (κ3) is 1.40. The number of nitrogens with zero attached hydrogens (tertiary/aromatic N) is 2. The molecule has 2 rings (SSSR count). The van der Waals surface area contributed by atoms with Crippen molar-refractivity contribution >= 4 is 5.91 Å². The van der Waals surface area contributed by atoms with E-state index in [1.54, 1.807) is 6.07 Å². The Kier molecular flexibility index (Phi) is 2.07. The Balaban J connectivity index is 2.28. The first-order valence-electron chi connectivity index (χ1n) is 4.24. The fourth-order valence-corrected chi connectivity index (χ4v) is 1.34. The van der Waals surface area contributed by atoms with Crippen LogP contribution < -0.4 is 4.84 Å². The Morgan fingerprint density at radius 3 is 3.07 bits per heavy atom. The van der Waals surface area contributed by atoms with Gasteiger partial charge in [0, 0.05) is 5.56 Å². The number of hydroxylamine groups is 2. The van der Waals surface area contributed by atoms with E-state index in [9.17, 15) is 4.79 Å². The quantitative estimate of drug-likeness (QED) is 0.615. The number of amides is 1. The van der Waals surface area contributed by atoms with Crippen LogP contribution >= 0.6 is 0 Å². The monoisotopic (exact) mass is 188 g/mol. The zero-order valence-electron chi connectivity index (χ0n) is 7.43. The average molecular weight is 188 g/mol. The van der Waals surface area contributed by atoms with Crippen LogP contribution in [-0.2, 0) is 11.2 Å². The van der Waals surface area contributed by atoms with Gasteiger partial charge in [-0.3, -0.25) is 4.79 Å². The molecule has 0 atom stereocenters. The minimum Gasteiger partial charge on any atom is -0.376 e. The maximum absolute atomic E-state index is 11.4. The van der Waals surface area contributed by atoms with Crippen molar-refractivity contribution < 1.29 is 9.63 Å². The first kappa shape index (κ1) is 8.57. The van der Waals surface area contributed by atoms with Crippen molar-refractivity contribution in [3.05, 3.63) is 29.8 Å². The van der Waals surface area contributed by atoms with Gasteiger partial charge in [-0.1, -0.05) is 18.2 Å². The Morgan fingerprint density at radius 2 is 2.29 bits per heavy atom. The summed E-state index contributed by atoms with van der Waals surface area (Å²) in [5.74, 6) is 0.479. The van der Waals surface area contributed by atoms with Crippen LogP contribution in [0.1, 0.15) is 5.56 Å². The summed E-state index contributed by atoms with van der Waals surface area (Å²) < 4.78 is 0. The fourth-order valence-electron chi connectivity index (χ4n) is 1.34. The minimum absolute atomic E-state index is 0.0346. The molecule has 0 radical (unpaired) electrons. The minimum atomic E-state index is -0.176. The molecule has 1 aliphatic rings. The lowest BCUT2D eigenvalue weighted by Crippen LogP contribution is -2.39. The smallest absolute Gasteiger partial charge is 0.260 e. The van der Waals surface area contributed by atoms with E-state index in [-0.39, 0.29) is 12.5 Å². The van der Waals surface area contributed by atoms with E-state index in [0.29, 0.717) is 12.2 Å². The summed E-state index contributed by atoms with van der Waals surface area (Å²) in [6, 6.07) is 9.20. The van der Waals surface area contributed by atoms with E-state index in [4.69, 9.17) is 10.1 Å². The third-order valence-corrected chi connectivity index (χ3v) is 2.02. The van der Waals surface area contributed by atoms with Gasteiger partial charge in [-0.05, 0) is 6.07 Å². The van der Waals surface area contributed by atoms with Crippen molar-refractivity contribution in [3.8, 4) is 11.8 Å². The molecule has 0 aliphatic carbocycles. The van der Waals surface area contributed by atoms with Gasteiger partial charge in [0.25, 0.3) is 5.91 Å². The Labute approximate surface area is 81.3 Å². The summed E-state index contributed by atoms with van der Waals surface area (Å²) in [7, 11) is 0. The number of hydrogen-bond acceptors (Lipinski definition) is 3. The molecule has 0 N–H and O–H groups in total. The zero-order valence-corrected chi connectivity index (χ0v) is 7.43. The topological polar surface area (TPSA) is 53.3 Å². The number of rotatable bonds is 1. The maximum Gasteiger partial charge on any atom is 0.260 e. The lowest BCUT2D eigenvalue weighted by molar-refractivity contribution is -0.157. The molecule has 0 bridgehead atoms. The Bertz CT molecular complexity index is 409. The molecular weight excluding hydrogens is 180 g/mol. The van der Waals surface area contributed by atoms with E-state index in [1.807, 2.05) is 24.3 Å². The molecule has 1 amide bonds. The molecule has 14 heavy (non-hydrogen) atoms. The van der Waals surface area contributed by atoms with Gasteiger partial charge >= 0.3 is 0 Å². The van der Waals surface area contributed by atoms with E-state index < -0.39 is 0 Å². The first-order valence-corrected chi connectivity index (χ1v) is 4.24. The number of nitriles is 1. The predicted molar refractivity (Wildman–Crippen MR) is 48.1 cm³/mol. The fraction of sp³-hybridized carbons (Fsp3) is 0.200. The van der Waals surface area contributed by atoms with Gasteiger partial charge in [-0.2, -0.15) is 10.3 Å². The number of hydrogen-bond donors (Lipinski definition) is 0. The second-order valence-corrected chi connectivity index (χ2v) is 2.96. The van der Waals surface area contributed by atoms with Crippen molar-refractivity contribution in [2.75, 3.05) is 6.54 Å². The van der Waals surface area contributed by atoms with Crippen LogP contribution in [0, 0.1) is 11.3 Å². The second-order valence-electron chi connectivity index (χ2n) is 2.96. The molecule has 1 heterocycles. The summed E-state index contributed by atoms with van der Waals surface area (Å²) in [5.41, 5.74) is 0.867. The Morgan fingerprint density at radius 1 is 1.50 bits per heavy atom. The van der Waals surface area contributed by atoms with Crippen molar-refractivity contribution in [2.45, 2.75) is 6.42 Å². The van der Waals surface area contributed by atoms with E-state index >= 15 is 0 Å². The lowest BCUT2D eigenvalue weighted by Gasteiger charge is -2.25. The van der Waals surface area contributed by atoms with Gasteiger partial charge in [0.15, 0.2) is 5.75 Å². The number of fused-ring (bicyclic) bond motifs is 1. The van der Waals surface area contributed by atoms with Gasteiger partial charge in [-0.25, -0.2) is 0 Å². The third-order valence-electron chi connectivity index (χ3n) is 2.02. The standard InChI is InChI=1S/C10H8N2O2/c11-5-6-12-10(13)7-8-3-1-2-4-9(8)14-12/h1-4H,6-7H2. The first-order chi connectivity index (χ1) is 6.81. The Hall–Kier alpha value is -2.02. The van der Waals surface area contributed by atoms with Crippen molar-refractivity contribution in [2.24, 2.45) is 0 Å². The summed E-state index contributed by atoms with van der Waals surface area (Å²) in [6.45, 7) is -0.0346. The summed E-state index contributed by atoms with van der Waals surface area (Å²) >= 11 is 0. The van der Waals surface area contributed by atoms with Crippen LogP contribution in [-0.4, -0.2) is 17.5 Å². The summed E-state index contributed by atoms with van der Waals surface area (Å²) in [4.78, 5) is 16.6. The lowest BCUT2D eigenvalue weighted by atomic mass is 10.1. The second kappa shape index (κ2) is 3.38. The van der Waals surface area contributed by atoms with E-state index in [2.05, 4.69) is 0 Å². The van der Waals surface area contributed by atoms with Gasteiger partial charge < -0.3 is 4.84 Å². The number of carbonyl (C=O) groups is 1. The van der Waals surface area contributed by atoms with Gasteiger partial charge in [-0.15, -0.1) is 0 Å². The maximum atomic E-state index is 11.4. The normalized spacial score (nSPS) is 14.2.